The number of carbonyl (C=O) groups excluding carboxylic acids is 1. The summed E-state index contributed by atoms with van der Waals surface area (Å²) in [4.78, 5) is 20.8. The molecule has 0 saturated carbocycles. The number of halogens is 1. The summed E-state index contributed by atoms with van der Waals surface area (Å²) in [6, 6.07) is 16.3. The van der Waals surface area contributed by atoms with E-state index in [-0.39, 0.29) is 29.9 Å². The Kier molecular flexibility index (Phi) is 11.6. The number of amides is 1. The average molecular weight is 566 g/mol. The number of ether oxygens (including phenoxy) is 1. The third kappa shape index (κ3) is 8.94. The lowest BCUT2D eigenvalue weighted by Gasteiger charge is -2.26. The van der Waals surface area contributed by atoms with E-state index in [9.17, 15) is 4.79 Å². The Bertz CT molecular complexity index is 896. The highest BCUT2D eigenvalue weighted by molar-refractivity contribution is 14.0. The van der Waals surface area contributed by atoms with Gasteiger partial charge in [-0.05, 0) is 35.7 Å². The molecule has 0 atom stereocenters. The Hall–Kier alpha value is -2.17. The molecule has 0 radical (unpaired) electrons. The lowest BCUT2D eigenvalue weighted by molar-refractivity contribution is 0.0342. The van der Waals surface area contributed by atoms with E-state index in [2.05, 4.69) is 46.7 Å². The van der Waals surface area contributed by atoms with Crippen LogP contribution < -0.4 is 10.6 Å². The van der Waals surface area contributed by atoms with Crippen molar-refractivity contribution in [3.8, 4) is 0 Å². The zero-order valence-electron chi connectivity index (χ0n) is 19.8. The summed E-state index contributed by atoms with van der Waals surface area (Å²) in [6.45, 7) is 8.66. The van der Waals surface area contributed by atoms with Gasteiger partial charge in [-0.2, -0.15) is 0 Å². The van der Waals surface area contributed by atoms with Gasteiger partial charge < -0.3 is 20.3 Å². The SMILES string of the molecule is CCNC(=NCc1cccc(CN2CCOCC2)c1)NCc1ccc(C(=O)N(C)C)cc1.I. The minimum atomic E-state index is 0. The van der Waals surface area contributed by atoms with E-state index in [1.54, 1.807) is 19.0 Å². The van der Waals surface area contributed by atoms with E-state index in [1.165, 1.54) is 11.1 Å². The van der Waals surface area contributed by atoms with E-state index in [4.69, 9.17) is 9.73 Å². The largest absolute Gasteiger partial charge is 0.379 e. The van der Waals surface area contributed by atoms with E-state index >= 15 is 0 Å². The predicted molar refractivity (Wildman–Crippen MR) is 144 cm³/mol. The van der Waals surface area contributed by atoms with Crippen LogP contribution in [0.5, 0.6) is 0 Å². The summed E-state index contributed by atoms with van der Waals surface area (Å²) >= 11 is 0. The first-order valence-electron chi connectivity index (χ1n) is 11.3. The van der Waals surface area contributed by atoms with Gasteiger partial charge in [0.25, 0.3) is 5.91 Å². The molecule has 33 heavy (non-hydrogen) atoms. The quantitative estimate of drug-likeness (QED) is 0.293. The number of guanidine groups is 1. The van der Waals surface area contributed by atoms with Gasteiger partial charge in [-0.15, -0.1) is 24.0 Å². The molecule has 0 spiro atoms. The van der Waals surface area contributed by atoms with Gasteiger partial charge in [-0.25, -0.2) is 4.99 Å². The smallest absolute Gasteiger partial charge is 0.253 e. The first kappa shape index (κ1) is 27.1. The third-order valence-electron chi connectivity index (χ3n) is 5.33. The second kappa shape index (κ2) is 14.2. The minimum Gasteiger partial charge on any atom is -0.379 e. The average Bonchev–Trinajstić information content (AvgIpc) is 2.81. The number of aliphatic imine (C=N–C) groups is 1. The highest BCUT2D eigenvalue weighted by Gasteiger charge is 2.11. The van der Waals surface area contributed by atoms with Gasteiger partial charge in [0, 0.05) is 52.4 Å². The maximum atomic E-state index is 12.0. The third-order valence-corrected chi connectivity index (χ3v) is 5.33. The zero-order chi connectivity index (χ0) is 22.8. The topological polar surface area (TPSA) is 69.2 Å². The van der Waals surface area contributed by atoms with Crippen molar-refractivity contribution in [2.24, 2.45) is 4.99 Å². The van der Waals surface area contributed by atoms with E-state index < -0.39 is 0 Å². The van der Waals surface area contributed by atoms with Gasteiger partial charge in [0.15, 0.2) is 5.96 Å². The van der Waals surface area contributed by atoms with Crippen LogP contribution in [0.2, 0.25) is 0 Å². The highest BCUT2D eigenvalue weighted by Crippen LogP contribution is 2.11. The fraction of sp³-hybridized carbons (Fsp3) is 0.440. The predicted octanol–water partition coefficient (Wildman–Crippen LogP) is 3.09. The summed E-state index contributed by atoms with van der Waals surface area (Å²) in [5, 5.41) is 6.68. The molecule has 7 nitrogen and oxygen atoms in total. The normalized spacial score (nSPS) is 14.3. The summed E-state index contributed by atoms with van der Waals surface area (Å²) in [6.07, 6.45) is 0. The summed E-state index contributed by atoms with van der Waals surface area (Å²) < 4.78 is 5.44. The molecule has 1 saturated heterocycles. The second-order valence-corrected chi connectivity index (χ2v) is 8.15. The van der Waals surface area contributed by atoms with Gasteiger partial charge >= 0.3 is 0 Å². The Labute approximate surface area is 214 Å². The van der Waals surface area contributed by atoms with Crippen LogP contribution in [0.25, 0.3) is 0 Å². The van der Waals surface area contributed by atoms with Crippen LogP contribution in [0.4, 0.5) is 0 Å². The fourth-order valence-corrected chi connectivity index (χ4v) is 3.57. The molecule has 1 heterocycles. The van der Waals surface area contributed by atoms with E-state index in [1.807, 2.05) is 24.3 Å². The first-order chi connectivity index (χ1) is 15.5. The number of benzene rings is 2. The Morgan fingerprint density at radius 2 is 1.73 bits per heavy atom. The summed E-state index contributed by atoms with van der Waals surface area (Å²) in [5.41, 5.74) is 4.29. The van der Waals surface area contributed by atoms with Crippen molar-refractivity contribution in [3.05, 3.63) is 70.8 Å². The molecule has 180 valence electrons. The number of carbonyl (C=O) groups is 1. The number of nitrogens with one attached hydrogen (secondary N) is 2. The molecule has 3 rings (SSSR count). The number of hydrogen-bond donors (Lipinski definition) is 2. The lowest BCUT2D eigenvalue weighted by atomic mass is 10.1. The van der Waals surface area contributed by atoms with Crippen molar-refractivity contribution in [2.75, 3.05) is 46.9 Å². The van der Waals surface area contributed by atoms with Crippen LogP contribution >= 0.6 is 24.0 Å². The number of rotatable bonds is 8. The van der Waals surface area contributed by atoms with Gasteiger partial charge in [0.1, 0.15) is 0 Å². The fourth-order valence-electron chi connectivity index (χ4n) is 3.57. The van der Waals surface area contributed by atoms with Crippen molar-refractivity contribution < 1.29 is 9.53 Å². The second-order valence-electron chi connectivity index (χ2n) is 8.15. The first-order valence-corrected chi connectivity index (χ1v) is 11.3. The molecule has 8 heteroatoms. The number of hydrogen-bond acceptors (Lipinski definition) is 4. The van der Waals surface area contributed by atoms with Crippen molar-refractivity contribution in [1.29, 1.82) is 0 Å². The van der Waals surface area contributed by atoms with Gasteiger partial charge in [0.05, 0.1) is 19.8 Å². The van der Waals surface area contributed by atoms with Gasteiger partial charge in [-0.3, -0.25) is 9.69 Å². The van der Waals surface area contributed by atoms with Crippen LogP contribution in [-0.4, -0.2) is 68.6 Å². The molecule has 1 aliphatic heterocycles. The van der Waals surface area contributed by atoms with Gasteiger partial charge in [-0.1, -0.05) is 36.4 Å². The number of nitrogens with zero attached hydrogens (tertiary/aromatic N) is 3. The van der Waals surface area contributed by atoms with Crippen LogP contribution in [0.3, 0.4) is 0 Å². The molecule has 2 N–H and O–H groups in total. The molecule has 0 aliphatic carbocycles. The Morgan fingerprint density at radius 1 is 1.03 bits per heavy atom. The lowest BCUT2D eigenvalue weighted by Crippen LogP contribution is -2.36. The number of morpholine rings is 1. The van der Waals surface area contributed by atoms with Crippen LogP contribution in [0, 0.1) is 0 Å². The molecule has 2 aromatic carbocycles. The molecule has 2 aromatic rings. The summed E-state index contributed by atoms with van der Waals surface area (Å²) in [5.74, 6) is 0.787. The molecule has 0 bridgehead atoms. The van der Waals surface area contributed by atoms with Crippen molar-refractivity contribution in [2.45, 2.75) is 26.6 Å². The van der Waals surface area contributed by atoms with Crippen molar-refractivity contribution in [3.63, 3.8) is 0 Å². The minimum absolute atomic E-state index is 0. The van der Waals surface area contributed by atoms with E-state index in [0.717, 1.165) is 50.9 Å². The highest BCUT2D eigenvalue weighted by atomic mass is 127. The molecule has 1 fully saturated rings. The molecule has 0 unspecified atom stereocenters. The monoisotopic (exact) mass is 565 g/mol. The molecular formula is C25H36IN5O2. The summed E-state index contributed by atoms with van der Waals surface area (Å²) in [7, 11) is 3.52. The molecule has 1 amide bonds. The Morgan fingerprint density at radius 3 is 2.39 bits per heavy atom. The maximum Gasteiger partial charge on any atom is 0.253 e. The molecule has 1 aliphatic rings. The Balaban J connectivity index is 0.00000385. The van der Waals surface area contributed by atoms with Crippen molar-refractivity contribution in [1.82, 2.24) is 20.4 Å². The molecular weight excluding hydrogens is 529 g/mol. The van der Waals surface area contributed by atoms with Crippen LogP contribution in [0.15, 0.2) is 53.5 Å². The van der Waals surface area contributed by atoms with Gasteiger partial charge in [0.2, 0.25) is 0 Å². The maximum absolute atomic E-state index is 12.0. The van der Waals surface area contributed by atoms with Crippen molar-refractivity contribution >= 4 is 35.8 Å². The van der Waals surface area contributed by atoms with E-state index in [0.29, 0.717) is 18.7 Å². The van der Waals surface area contributed by atoms with Crippen LogP contribution in [-0.2, 0) is 24.4 Å². The van der Waals surface area contributed by atoms with Crippen LogP contribution in [0.1, 0.15) is 34.0 Å². The molecule has 0 aromatic heterocycles. The zero-order valence-corrected chi connectivity index (χ0v) is 22.2. The standard InChI is InChI=1S/C25H35N5O2.HI/c1-4-26-25(27-17-20-8-10-23(11-9-20)24(31)29(2)3)28-18-21-6-5-7-22(16-21)19-30-12-14-32-15-13-30;/h5-11,16H,4,12-15,17-19H2,1-3H3,(H2,26,27,28);1H.